The van der Waals surface area contributed by atoms with Gasteiger partial charge in [-0.1, -0.05) is 25.1 Å². The first-order valence-corrected chi connectivity index (χ1v) is 11.2. The number of hydrogen-bond acceptors (Lipinski definition) is 6. The summed E-state index contributed by atoms with van der Waals surface area (Å²) in [6, 6.07) is 16.5. The number of carbonyl (C=O) groups is 1. The molecule has 0 aliphatic heterocycles. The van der Waals surface area contributed by atoms with Gasteiger partial charge in [-0.25, -0.2) is 14.6 Å². The minimum absolute atomic E-state index is 0.186. The molecule has 2 aromatic heterocycles. The second-order valence-electron chi connectivity index (χ2n) is 7.44. The van der Waals surface area contributed by atoms with E-state index >= 15 is 0 Å². The minimum Gasteiger partial charge on any atom is -0.321 e. The van der Waals surface area contributed by atoms with E-state index in [-0.39, 0.29) is 17.2 Å². The third-order valence-electron chi connectivity index (χ3n) is 4.80. The van der Waals surface area contributed by atoms with Crippen LogP contribution in [0.3, 0.4) is 0 Å². The molecule has 7 nitrogen and oxygen atoms in total. The summed E-state index contributed by atoms with van der Waals surface area (Å²) in [6.07, 6.45) is 0.746. The Hall–Kier alpha value is -3.52. The van der Waals surface area contributed by atoms with E-state index in [4.69, 9.17) is 0 Å². The Kier molecular flexibility index (Phi) is 6.32. The molecule has 0 atom stereocenters. The molecule has 0 fully saturated rings. The van der Waals surface area contributed by atoms with Crippen LogP contribution in [0.25, 0.3) is 10.8 Å². The zero-order valence-corrected chi connectivity index (χ0v) is 18.9. The Bertz CT molecular complexity index is 1330. The number of aryl methyl sites for hydroxylation is 3. The molecule has 8 heteroatoms. The summed E-state index contributed by atoms with van der Waals surface area (Å²) >= 11 is 1.47. The van der Waals surface area contributed by atoms with Crippen molar-refractivity contribution in [2.45, 2.75) is 43.8 Å². The van der Waals surface area contributed by atoms with Crippen LogP contribution in [-0.2, 0) is 6.54 Å². The molecule has 32 heavy (non-hydrogen) atoms. The monoisotopic (exact) mass is 445 g/mol. The zero-order valence-electron chi connectivity index (χ0n) is 18.1. The molecule has 0 radical (unpaired) electrons. The number of hydrogen-bond donors (Lipinski definition) is 1. The molecule has 0 unspecified atom stereocenters. The standard InChI is InChI=1S/C24H23N5O2S/c1-4-13-29-23(31)20-8-6-5-7-19(20)21(28-29)22(30)27-17-9-11-18(12-10-17)32-24-25-15(2)14-16(3)26-24/h5-12,14H,4,13H2,1-3H3,(H,27,30). The fraction of sp³-hybridized carbons (Fsp3) is 0.208. The lowest BCUT2D eigenvalue weighted by atomic mass is 10.1. The molecular formula is C24H23N5O2S. The summed E-state index contributed by atoms with van der Waals surface area (Å²) in [5.74, 6) is -0.357. The highest BCUT2D eigenvalue weighted by molar-refractivity contribution is 7.99. The molecule has 0 bridgehead atoms. The van der Waals surface area contributed by atoms with Crippen molar-refractivity contribution in [2.24, 2.45) is 0 Å². The summed E-state index contributed by atoms with van der Waals surface area (Å²) in [5, 5.41) is 8.96. The molecule has 4 rings (SSSR count). The van der Waals surface area contributed by atoms with Gasteiger partial charge in [-0.05, 0) is 68.4 Å². The van der Waals surface area contributed by atoms with Gasteiger partial charge in [0.2, 0.25) is 0 Å². The number of nitrogens with zero attached hydrogens (tertiary/aromatic N) is 4. The third kappa shape index (κ3) is 4.70. The lowest BCUT2D eigenvalue weighted by Crippen LogP contribution is -2.27. The van der Waals surface area contributed by atoms with Crippen molar-refractivity contribution in [1.82, 2.24) is 19.7 Å². The molecule has 0 saturated heterocycles. The first-order valence-electron chi connectivity index (χ1n) is 10.4. The van der Waals surface area contributed by atoms with E-state index in [1.54, 1.807) is 24.3 Å². The van der Waals surface area contributed by atoms with Gasteiger partial charge < -0.3 is 5.32 Å². The maximum atomic E-state index is 13.0. The molecule has 0 spiro atoms. The van der Waals surface area contributed by atoms with E-state index in [0.717, 1.165) is 22.7 Å². The highest BCUT2D eigenvalue weighted by Gasteiger charge is 2.16. The molecule has 2 aromatic carbocycles. The molecular weight excluding hydrogens is 422 g/mol. The number of nitrogens with one attached hydrogen (secondary N) is 1. The van der Waals surface area contributed by atoms with E-state index in [1.807, 2.05) is 51.1 Å². The van der Waals surface area contributed by atoms with Gasteiger partial charge in [0.05, 0.1) is 5.39 Å². The Labute approximate surface area is 189 Å². The predicted octanol–water partition coefficient (Wildman–Crippen LogP) is 4.62. The van der Waals surface area contributed by atoms with Crippen LogP contribution >= 0.6 is 11.8 Å². The van der Waals surface area contributed by atoms with Crippen molar-refractivity contribution in [3.05, 3.63) is 82.0 Å². The second kappa shape index (κ2) is 9.32. The maximum Gasteiger partial charge on any atom is 0.276 e. The number of benzene rings is 2. The average Bonchev–Trinajstić information content (AvgIpc) is 2.76. The molecule has 2 heterocycles. The fourth-order valence-corrected chi connectivity index (χ4v) is 4.27. The largest absolute Gasteiger partial charge is 0.321 e. The van der Waals surface area contributed by atoms with Crippen molar-refractivity contribution >= 4 is 34.1 Å². The van der Waals surface area contributed by atoms with Crippen molar-refractivity contribution in [2.75, 3.05) is 5.32 Å². The van der Waals surface area contributed by atoms with Gasteiger partial charge in [0.15, 0.2) is 10.9 Å². The van der Waals surface area contributed by atoms with Crippen molar-refractivity contribution in [3.8, 4) is 0 Å². The molecule has 0 saturated carbocycles. The Morgan fingerprint density at radius 2 is 1.66 bits per heavy atom. The summed E-state index contributed by atoms with van der Waals surface area (Å²) in [7, 11) is 0. The normalized spacial score (nSPS) is 11.0. The first-order chi connectivity index (χ1) is 15.4. The van der Waals surface area contributed by atoms with Gasteiger partial charge >= 0.3 is 0 Å². The van der Waals surface area contributed by atoms with E-state index in [1.165, 1.54) is 16.4 Å². The summed E-state index contributed by atoms with van der Waals surface area (Å²) in [4.78, 5) is 35.5. The van der Waals surface area contributed by atoms with Crippen LogP contribution in [0.4, 0.5) is 5.69 Å². The third-order valence-corrected chi connectivity index (χ3v) is 5.67. The maximum absolute atomic E-state index is 13.0. The smallest absolute Gasteiger partial charge is 0.276 e. The van der Waals surface area contributed by atoms with Gasteiger partial charge in [0.1, 0.15) is 0 Å². The summed E-state index contributed by atoms with van der Waals surface area (Å²) < 4.78 is 1.36. The number of amides is 1. The molecule has 1 amide bonds. The van der Waals surface area contributed by atoms with Gasteiger partial charge in [-0.2, -0.15) is 5.10 Å². The van der Waals surface area contributed by atoms with E-state index < -0.39 is 0 Å². The van der Waals surface area contributed by atoms with E-state index in [2.05, 4.69) is 20.4 Å². The number of carbonyl (C=O) groups excluding carboxylic acids is 1. The van der Waals surface area contributed by atoms with Crippen LogP contribution in [0.15, 0.2) is 69.4 Å². The predicted molar refractivity (Wildman–Crippen MR) is 126 cm³/mol. The van der Waals surface area contributed by atoms with Crippen LogP contribution in [-0.4, -0.2) is 25.7 Å². The lowest BCUT2D eigenvalue weighted by Gasteiger charge is -2.11. The zero-order chi connectivity index (χ0) is 22.7. The van der Waals surface area contributed by atoms with Crippen LogP contribution < -0.4 is 10.9 Å². The molecule has 4 aromatic rings. The fourth-order valence-electron chi connectivity index (χ4n) is 3.41. The second-order valence-corrected chi connectivity index (χ2v) is 8.48. The Balaban J connectivity index is 1.57. The van der Waals surface area contributed by atoms with Crippen molar-refractivity contribution in [1.29, 1.82) is 0 Å². The minimum atomic E-state index is -0.357. The highest BCUT2D eigenvalue weighted by atomic mass is 32.2. The van der Waals surface area contributed by atoms with Gasteiger partial charge in [-0.3, -0.25) is 9.59 Å². The molecule has 1 N–H and O–H groups in total. The summed E-state index contributed by atoms with van der Waals surface area (Å²) in [6.45, 7) is 6.31. The molecule has 0 aliphatic rings. The van der Waals surface area contributed by atoms with E-state index in [0.29, 0.717) is 28.2 Å². The average molecular weight is 446 g/mol. The van der Waals surface area contributed by atoms with Crippen LogP contribution in [0, 0.1) is 13.8 Å². The SMILES string of the molecule is CCCn1nc(C(=O)Nc2ccc(Sc3nc(C)cc(C)n3)cc2)c2ccccc2c1=O. The van der Waals surface area contributed by atoms with Crippen molar-refractivity contribution < 1.29 is 4.79 Å². The number of rotatable bonds is 6. The topological polar surface area (TPSA) is 89.8 Å². The van der Waals surface area contributed by atoms with Crippen LogP contribution in [0.2, 0.25) is 0 Å². The van der Waals surface area contributed by atoms with Crippen molar-refractivity contribution in [3.63, 3.8) is 0 Å². The van der Waals surface area contributed by atoms with Crippen LogP contribution in [0.5, 0.6) is 0 Å². The van der Waals surface area contributed by atoms with Gasteiger partial charge in [0, 0.05) is 33.9 Å². The van der Waals surface area contributed by atoms with Gasteiger partial charge in [-0.15, -0.1) is 0 Å². The molecule has 162 valence electrons. The number of fused-ring (bicyclic) bond motifs is 1. The highest BCUT2D eigenvalue weighted by Crippen LogP contribution is 2.26. The quantitative estimate of drug-likeness (QED) is 0.436. The first kappa shape index (κ1) is 21.7. The van der Waals surface area contributed by atoms with Gasteiger partial charge in [0.25, 0.3) is 11.5 Å². The van der Waals surface area contributed by atoms with E-state index in [9.17, 15) is 9.59 Å². The lowest BCUT2D eigenvalue weighted by molar-refractivity contribution is 0.102. The summed E-state index contributed by atoms with van der Waals surface area (Å²) in [5.41, 5.74) is 2.53. The number of aromatic nitrogens is 4. The number of anilines is 1. The Morgan fingerprint density at radius 3 is 2.31 bits per heavy atom. The Morgan fingerprint density at radius 1 is 1.00 bits per heavy atom. The molecule has 0 aliphatic carbocycles. The van der Waals surface area contributed by atoms with Crippen LogP contribution in [0.1, 0.15) is 35.2 Å².